The minimum Gasteiger partial charge on any atom is -0.357 e. The van der Waals surface area contributed by atoms with Crippen LogP contribution in [0, 0.1) is 12.7 Å². The van der Waals surface area contributed by atoms with E-state index < -0.39 is 0 Å². The van der Waals surface area contributed by atoms with Crippen molar-refractivity contribution in [2.75, 3.05) is 19.6 Å². The zero-order chi connectivity index (χ0) is 18.1. The lowest BCUT2D eigenvalue weighted by molar-refractivity contribution is 0.0954. The van der Waals surface area contributed by atoms with E-state index in [9.17, 15) is 9.18 Å². The summed E-state index contributed by atoms with van der Waals surface area (Å²) in [4.78, 5) is 16.5. The number of carbonyl (C=O) groups excluding carboxylic acids is 1. The van der Waals surface area contributed by atoms with Gasteiger partial charge in [0, 0.05) is 24.7 Å². The van der Waals surface area contributed by atoms with Crippen LogP contribution in [0.25, 0.3) is 0 Å². The highest BCUT2D eigenvalue weighted by molar-refractivity contribution is 14.0. The quantitative estimate of drug-likeness (QED) is 0.255. The molecule has 1 aliphatic rings. The van der Waals surface area contributed by atoms with Crippen molar-refractivity contribution in [1.29, 1.82) is 0 Å². The molecule has 0 saturated heterocycles. The van der Waals surface area contributed by atoms with Gasteiger partial charge in [0.25, 0.3) is 5.91 Å². The van der Waals surface area contributed by atoms with Crippen LogP contribution in [0.1, 0.15) is 54.9 Å². The number of aryl methyl sites for hydroxylation is 1. The van der Waals surface area contributed by atoms with E-state index in [1.807, 2.05) is 6.92 Å². The van der Waals surface area contributed by atoms with Crippen LogP contribution in [0.3, 0.4) is 0 Å². The van der Waals surface area contributed by atoms with Crippen LogP contribution in [-0.4, -0.2) is 37.5 Å². The summed E-state index contributed by atoms with van der Waals surface area (Å²) in [7, 11) is 0. The number of nitrogens with zero attached hydrogens (tertiary/aromatic N) is 1. The molecule has 1 aromatic carbocycles. The topological polar surface area (TPSA) is 65.5 Å². The molecule has 0 atom stereocenters. The van der Waals surface area contributed by atoms with Crippen molar-refractivity contribution in [3.63, 3.8) is 0 Å². The van der Waals surface area contributed by atoms with E-state index >= 15 is 0 Å². The van der Waals surface area contributed by atoms with Crippen molar-refractivity contribution >= 4 is 35.8 Å². The van der Waals surface area contributed by atoms with Gasteiger partial charge in [-0.1, -0.05) is 25.3 Å². The second-order valence-corrected chi connectivity index (χ2v) is 6.46. The lowest BCUT2D eigenvalue weighted by Crippen LogP contribution is -2.44. The number of nitrogens with one attached hydrogen (secondary N) is 3. The number of benzene rings is 1. The predicted octanol–water partition coefficient (Wildman–Crippen LogP) is 3.37. The van der Waals surface area contributed by atoms with E-state index in [1.165, 1.54) is 38.2 Å². The summed E-state index contributed by atoms with van der Waals surface area (Å²) in [6.07, 6.45) is 6.21. The zero-order valence-electron chi connectivity index (χ0n) is 15.6. The second-order valence-electron chi connectivity index (χ2n) is 6.46. The largest absolute Gasteiger partial charge is 0.357 e. The third kappa shape index (κ3) is 7.47. The normalized spacial score (nSPS) is 15.1. The molecule has 26 heavy (non-hydrogen) atoms. The minimum absolute atomic E-state index is 0. The van der Waals surface area contributed by atoms with Gasteiger partial charge >= 0.3 is 0 Å². The van der Waals surface area contributed by atoms with Gasteiger partial charge in [-0.05, 0) is 44.4 Å². The van der Waals surface area contributed by atoms with Gasteiger partial charge in [-0.3, -0.25) is 9.79 Å². The molecule has 1 amide bonds. The van der Waals surface area contributed by atoms with Crippen LogP contribution in [0.15, 0.2) is 23.2 Å². The van der Waals surface area contributed by atoms with Gasteiger partial charge in [0.1, 0.15) is 5.82 Å². The summed E-state index contributed by atoms with van der Waals surface area (Å²) in [6.45, 7) is 5.39. The number of carbonyl (C=O) groups is 1. The Balaban J connectivity index is 0.00000338. The van der Waals surface area contributed by atoms with Gasteiger partial charge in [0.05, 0.1) is 6.54 Å². The fourth-order valence-electron chi connectivity index (χ4n) is 2.93. The van der Waals surface area contributed by atoms with Gasteiger partial charge in [0.15, 0.2) is 5.96 Å². The lowest BCUT2D eigenvalue weighted by Gasteiger charge is -2.24. The van der Waals surface area contributed by atoms with Gasteiger partial charge in [-0.15, -0.1) is 24.0 Å². The highest BCUT2D eigenvalue weighted by atomic mass is 127. The molecule has 1 aliphatic carbocycles. The molecular weight excluding hydrogens is 446 g/mol. The highest BCUT2D eigenvalue weighted by Gasteiger charge is 2.14. The number of rotatable bonds is 6. The molecule has 146 valence electrons. The van der Waals surface area contributed by atoms with Crippen LogP contribution < -0.4 is 16.0 Å². The summed E-state index contributed by atoms with van der Waals surface area (Å²) in [5.74, 6) is 0.154. The average molecular weight is 476 g/mol. The van der Waals surface area contributed by atoms with Gasteiger partial charge in [-0.25, -0.2) is 4.39 Å². The van der Waals surface area contributed by atoms with E-state index in [1.54, 1.807) is 19.1 Å². The first-order chi connectivity index (χ1) is 12.1. The summed E-state index contributed by atoms with van der Waals surface area (Å²) in [5.41, 5.74) is 0.865. The molecule has 0 spiro atoms. The van der Waals surface area contributed by atoms with Crippen LogP contribution in [0.4, 0.5) is 4.39 Å². The van der Waals surface area contributed by atoms with E-state index in [0.29, 0.717) is 30.3 Å². The van der Waals surface area contributed by atoms with Crippen LogP contribution in [0.2, 0.25) is 0 Å². The Hall–Kier alpha value is -1.38. The maximum Gasteiger partial charge on any atom is 0.251 e. The van der Waals surface area contributed by atoms with Crippen molar-refractivity contribution in [3.8, 4) is 0 Å². The van der Waals surface area contributed by atoms with Gasteiger partial charge in [0.2, 0.25) is 0 Å². The number of hydrogen-bond donors (Lipinski definition) is 3. The molecule has 2 rings (SSSR count). The molecule has 1 saturated carbocycles. The van der Waals surface area contributed by atoms with E-state index in [0.717, 1.165) is 12.5 Å². The molecule has 0 aromatic heterocycles. The molecule has 0 aliphatic heterocycles. The van der Waals surface area contributed by atoms with Crippen molar-refractivity contribution in [3.05, 3.63) is 35.1 Å². The Morgan fingerprint density at radius 1 is 1.23 bits per heavy atom. The third-order valence-electron chi connectivity index (χ3n) is 4.39. The number of amides is 1. The molecule has 0 bridgehead atoms. The monoisotopic (exact) mass is 476 g/mol. The Bertz CT molecular complexity index is 603. The average Bonchev–Trinajstić information content (AvgIpc) is 2.62. The third-order valence-corrected chi connectivity index (χ3v) is 4.39. The van der Waals surface area contributed by atoms with Crippen molar-refractivity contribution in [2.45, 2.75) is 52.0 Å². The summed E-state index contributed by atoms with van der Waals surface area (Å²) >= 11 is 0. The smallest absolute Gasteiger partial charge is 0.251 e. The molecule has 7 heteroatoms. The molecule has 1 aromatic rings. The predicted molar refractivity (Wildman–Crippen MR) is 115 cm³/mol. The molecular formula is C19H30FIN4O. The molecule has 1 fully saturated rings. The minimum atomic E-state index is -0.364. The molecule has 0 unspecified atom stereocenters. The van der Waals surface area contributed by atoms with Gasteiger partial charge in [-0.2, -0.15) is 0 Å². The Morgan fingerprint density at radius 3 is 2.62 bits per heavy atom. The van der Waals surface area contributed by atoms with Crippen molar-refractivity contribution in [1.82, 2.24) is 16.0 Å². The summed E-state index contributed by atoms with van der Waals surface area (Å²) in [5, 5.41) is 9.49. The first-order valence-corrected chi connectivity index (χ1v) is 9.19. The fourth-order valence-corrected chi connectivity index (χ4v) is 2.93. The molecule has 0 radical (unpaired) electrons. The molecule has 5 nitrogen and oxygen atoms in total. The molecule has 0 heterocycles. The van der Waals surface area contributed by atoms with E-state index in [-0.39, 0.29) is 35.7 Å². The summed E-state index contributed by atoms with van der Waals surface area (Å²) < 4.78 is 13.5. The second kappa shape index (κ2) is 12.1. The maximum atomic E-state index is 13.5. The van der Waals surface area contributed by atoms with Crippen molar-refractivity contribution in [2.24, 2.45) is 4.99 Å². The Kier molecular flexibility index (Phi) is 10.5. The summed E-state index contributed by atoms with van der Waals surface area (Å²) in [6, 6.07) is 4.99. The Labute approximate surface area is 172 Å². The lowest BCUT2D eigenvalue weighted by atomic mass is 9.96. The highest BCUT2D eigenvalue weighted by Crippen LogP contribution is 2.17. The SMILES string of the molecule is CCNC(=NCCNC(=O)c1ccc(C)c(F)c1)NC1CCCCC1.I. The van der Waals surface area contributed by atoms with Gasteiger partial charge < -0.3 is 16.0 Å². The first kappa shape index (κ1) is 22.7. The number of hydrogen-bond acceptors (Lipinski definition) is 2. The van der Waals surface area contributed by atoms with Crippen LogP contribution in [0.5, 0.6) is 0 Å². The molecule has 3 N–H and O–H groups in total. The number of aliphatic imine (C=N–C) groups is 1. The number of guanidine groups is 1. The zero-order valence-corrected chi connectivity index (χ0v) is 17.9. The van der Waals surface area contributed by atoms with Crippen molar-refractivity contribution < 1.29 is 9.18 Å². The Morgan fingerprint density at radius 2 is 1.96 bits per heavy atom. The standard InChI is InChI=1S/C19H29FN4O.HI/c1-3-21-19(24-16-7-5-4-6-8-16)23-12-11-22-18(25)15-10-9-14(2)17(20)13-15;/h9-10,13,16H,3-8,11-12H2,1-2H3,(H,22,25)(H2,21,23,24);1H. The van der Waals surface area contributed by atoms with E-state index in [4.69, 9.17) is 0 Å². The van der Waals surface area contributed by atoms with E-state index in [2.05, 4.69) is 20.9 Å². The number of halogens is 2. The first-order valence-electron chi connectivity index (χ1n) is 9.19. The maximum absolute atomic E-state index is 13.5. The van der Waals surface area contributed by atoms with Crippen LogP contribution >= 0.6 is 24.0 Å². The fraction of sp³-hybridized carbons (Fsp3) is 0.579. The van der Waals surface area contributed by atoms with Crippen LogP contribution in [-0.2, 0) is 0 Å².